The van der Waals surface area contributed by atoms with Crippen LogP contribution in [-0.2, 0) is 5.75 Å². The van der Waals surface area contributed by atoms with Crippen LogP contribution in [0.5, 0.6) is 5.75 Å². The maximum Gasteiger partial charge on any atom is 0.136 e. The van der Waals surface area contributed by atoms with Crippen LogP contribution in [0.15, 0.2) is 41.3 Å². The van der Waals surface area contributed by atoms with Crippen LogP contribution in [0.25, 0.3) is 0 Å². The number of benzene rings is 2. The van der Waals surface area contributed by atoms with Gasteiger partial charge in [0.25, 0.3) is 0 Å². The van der Waals surface area contributed by atoms with E-state index < -0.39 is 0 Å². The van der Waals surface area contributed by atoms with E-state index in [0.717, 1.165) is 11.3 Å². The van der Waals surface area contributed by atoms with Crippen molar-refractivity contribution < 1.29 is 4.74 Å². The van der Waals surface area contributed by atoms with Crippen LogP contribution >= 0.6 is 11.8 Å². The zero-order valence-electron chi connectivity index (χ0n) is 11.9. The molecule has 0 fully saturated rings. The fraction of sp³-hybridized carbons (Fsp3) is 0.235. The second-order valence-corrected chi connectivity index (χ2v) is 5.72. The topological polar surface area (TPSA) is 33.0 Å². The Morgan fingerprint density at radius 2 is 1.95 bits per heavy atom. The number of thioether (sulfide) groups is 1. The molecule has 2 aromatic carbocycles. The molecule has 0 radical (unpaired) electrons. The molecule has 3 heteroatoms. The fourth-order valence-electron chi connectivity index (χ4n) is 1.96. The maximum absolute atomic E-state index is 9.10. The Morgan fingerprint density at radius 1 is 1.15 bits per heavy atom. The first kappa shape index (κ1) is 14.5. The number of ether oxygens (including phenoxy) is 1. The summed E-state index contributed by atoms with van der Waals surface area (Å²) in [4.78, 5) is 1.29. The van der Waals surface area contributed by atoms with Crippen molar-refractivity contribution in [2.45, 2.75) is 24.5 Å². The highest BCUT2D eigenvalue weighted by atomic mass is 32.2. The molecule has 0 saturated heterocycles. The van der Waals surface area contributed by atoms with Gasteiger partial charge in [0.2, 0.25) is 0 Å². The molecule has 0 N–H and O–H groups in total. The van der Waals surface area contributed by atoms with Crippen LogP contribution in [0.4, 0.5) is 0 Å². The Bertz CT molecular complexity index is 659. The second kappa shape index (κ2) is 6.49. The second-order valence-electron chi connectivity index (χ2n) is 4.70. The first-order chi connectivity index (χ1) is 9.63. The van der Waals surface area contributed by atoms with Gasteiger partial charge in [0.15, 0.2) is 0 Å². The molecule has 20 heavy (non-hydrogen) atoms. The van der Waals surface area contributed by atoms with Gasteiger partial charge in [0, 0.05) is 10.6 Å². The number of nitriles is 1. The lowest BCUT2D eigenvalue weighted by atomic mass is 10.1. The molecule has 2 aromatic rings. The third-order valence-corrected chi connectivity index (χ3v) is 4.35. The summed E-state index contributed by atoms with van der Waals surface area (Å²) in [5.74, 6) is 1.48. The van der Waals surface area contributed by atoms with Crippen LogP contribution < -0.4 is 4.74 Å². The van der Waals surface area contributed by atoms with Gasteiger partial charge < -0.3 is 4.74 Å². The summed E-state index contributed by atoms with van der Waals surface area (Å²) in [6.45, 7) is 4.22. The van der Waals surface area contributed by atoms with E-state index in [2.05, 4.69) is 38.1 Å². The third-order valence-electron chi connectivity index (χ3n) is 3.12. The smallest absolute Gasteiger partial charge is 0.136 e. The molecule has 0 saturated carbocycles. The van der Waals surface area contributed by atoms with E-state index in [9.17, 15) is 0 Å². The zero-order chi connectivity index (χ0) is 14.5. The van der Waals surface area contributed by atoms with E-state index in [1.54, 1.807) is 18.9 Å². The summed E-state index contributed by atoms with van der Waals surface area (Å²) in [5.41, 5.74) is 4.28. The lowest BCUT2D eigenvalue weighted by molar-refractivity contribution is 0.413. The van der Waals surface area contributed by atoms with Gasteiger partial charge in [-0.2, -0.15) is 5.26 Å². The van der Waals surface area contributed by atoms with Gasteiger partial charge >= 0.3 is 0 Å². The van der Waals surface area contributed by atoms with Crippen molar-refractivity contribution in [3.63, 3.8) is 0 Å². The Hall–Kier alpha value is -1.92. The van der Waals surface area contributed by atoms with Gasteiger partial charge in [0.1, 0.15) is 11.8 Å². The van der Waals surface area contributed by atoms with E-state index >= 15 is 0 Å². The molecule has 0 aromatic heterocycles. The molecule has 0 aliphatic heterocycles. The Kier molecular flexibility index (Phi) is 4.70. The SMILES string of the molecule is COc1ccc(CSc2cc(C)ccc2C)cc1C#N. The first-order valence-corrected chi connectivity index (χ1v) is 7.39. The van der Waals surface area contributed by atoms with Crippen molar-refractivity contribution in [3.8, 4) is 11.8 Å². The molecule has 2 nitrogen and oxygen atoms in total. The van der Waals surface area contributed by atoms with Crippen LogP contribution in [0.2, 0.25) is 0 Å². The number of methoxy groups -OCH3 is 1. The number of rotatable bonds is 4. The quantitative estimate of drug-likeness (QED) is 0.776. The first-order valence-electron chi connectivity index (χ1n) is 6.41. The van der Waals surface area contributed by atoms with E-state index in [4.69, 9.17) is 10.00 Å². The van der Waals surface area contributed by atoms with Gasteiger partial charge in [-0.1, -0.05) is 23.8 Å². The van der Waals surface area contributed by atoms with Crippen molar-refractivity contribution >= 4 is 11.8 Å². The summed E-state index contributed by atoms with van der Waals surface area (Å²) >= 11 is 1.80. The molecule has 102 valence electrons. The predicted molar refractivity (Wildman–Crippen MR) is 83.2 cm³/mol. The molecule has 0 bridgehead atoms. The molecule has 0 unspecified atom stereocenters. The molecular formula is C17H17NOS. The van der Waals surface area contributed by atoms with Crippen molar-refractivity contribution in [3.05, 3.63) is 58.7 Å². The minimum atomic E-state index is 0.589. The molecule has 0 spiro atoms. The minimum absolute atomic E-state index is 0.589. The molecule has 0 atom stereocenters. The summed E-state index contributed by atoms with van der Waals surface area (Å²) in [6.07, 6.45) is 0. The lowest BCUT2D eigenvalue weighted by Gasteiger charge is -2.08. The Labute approximate surface area is 124 Å². The molecule has 0 aliphatic rings. The molecule has 0 aliphatic carbocycles. The third kappa shape index (κ3) is 3.34. The number of hydrogen-bond acceptors (Lipinski definition) is 3. The van der Waals surface area contributed by atoms with Gasteiger partial charge in [-0.3, -0.25) is 0 Å². The average Bonchev–Trinajstić information content (AvgIpc) is 2.47. The average molecular weight is 283 g/mol. The van der Waals surface area contributed by atoms with Crippen LogP contribution in [0, 0.1) is 25.2 Å². The van der Waals surface area contributed by atoms with Crippen LogP contribution in [0.1, 0.15) is 22.3 Å². The summed E-state index contributed by atoms with van der Waals surface area (Å²) < 4.78 is 5.16. The number of aryl methyl sites for hydroxylation is 2. The van der Waals surface area contributed by atoms with E-state index in [1.165, 1.54) is 16.0 Å². The standard InChI is InChI=1S/C17H17NOS/c1-12-4-5-13(2)17(8-12)20-11-14-6-7-16(19-3)15(9-14)10-18/h4-9H,11H2,1-3H3. The monoisotopic (exact) mass is 283 g/mol. The fourth-order valence-corrected chi connectivity index (χ4v) is 3.02. The summed E-state index contributed by atoms with van der Waals surface area (Å²) in [5, 5.41) is 9.10. The molecule has 0 amide bonds. The normalized spacial score (nSPS) is 10.1. The minimum Gasteiger partial charge on any atom is -0.495 e. The Morgan fingerprint density at radius 3 is 2.65 bits per heavy atom. The Balaban J connectivity index is 2.15. The summed E-state index contributed by atoms with van der Waals surface area (Å²) in [6, 6.07) is 14.4. The van der Waals surface area contributed by atoms with Crippen molar-refractivity contribution in [2.75, 3.05) is 7.11 Å². The van der Waals surface area contributed by atoms with Crippen LogP contribution in [0.3, 0.4) is 0 Å². The summed E-state index contributed by atoms with van der Waals surface area (Å²) in [7, 11) is 1.58. The highest BCUT2D eigenvalue weighted by Crippen LogP contribution is 2.28. The van der Waals surface area contributed by atoms with Crippen molar-refractivity contribution in [1.29, 1.82) is 5.26 Å². The molecule has 0 heterocycles. The zero-order valence-corrected chi connectivity index (χ0v) is 12.8. The van der Waals surface area contributed by atoms with Gasteiger partial charge in [-0.15, -0.1) is 11.8 Å². The molecular weight excluding hydrogens is 266 g/mol. The van der Waals surface area contributed by atoms with Crippen molar-refractivity contribution in [1.82, 2.24) is 0 Å². The maximum atomic E-state index is 9.10. The highest BCUT2D eigenvalue weighted by Gasteiger charge is 2.05. The van der Waals surface area contributed by atoms with E-state index in [-0.39, 0.29) is 0 Å². The van der Waals surface area contributed by atoms with Crippen LogP contribution in [-0.4, -0.2) is 7.11 Å². The van der Waals surface area contributed by atoms with Gasteiger partial charge in [-0.25, -0.2) is 0 Å². The molecule has 2 rings (SSSR count). The number of hydrogen-bond donors (Lipinski definition) is 0. The predicted octanol–water partition coefficient (Wildman–Crippen LogP) is 4.48. The van der Waals surface area contributed by atoms with Gasteiger partial charge in [0.05, 0.1) is 12.7 Å². The van der Waals surface area contributed by atoms with E-state index in [0.29, 0.717) is 11.3 Å². The largest absolute Gasteiger partial charge is 0.495 e. The van der Waals surface area contributed by atoms with E-state index in [1.807, 2.05) is 18.2 Å². The highest BCUT2D eigenvalue weighted by molar-refractivity contribution is 7.98. The lowest BCUT2D eigenvalue weighted by Crippen LogP contribution is -1.90. The van der Waals surface area contributed by atoms with Crippen molar-refractivity contribution in [2.24, 2.45) is 0 Å². The van der Waals surface area contributed by atoms with Gasteiger partial charge in [-0.05, 0) is 43.2 Å². The number of nitrogens with zero attached hydrogens (tertiary/aromatic N) is 1.